The molecule has 1 aliphatic rings. The molecule has 0 N–H and O–H groups in total. The van der Waals surface area contributed by atoms with Crippen molar-refractivity contribution in [3.8, 4) is 5.75 Å². The van der Waals surface area contributed by atoms with Gasteiger partial charge in [-0.2, -0.15) is 5.10 Å². The van der Waals surface area contributed by atoms with E-state index in [1.54, 1.807) is 19.0 Å². The number of carbonyl (C=O) groups is 1. The Morgan fingerprint density at radius 2 is 1.96 bits per heavy atom. The summed E-state index contributed by atoms with van der Waals surface area (Å²) in [5.41, 5.74) is 4.25. The second kappa shape index (κ2) is 6.24. The number of nitrogens with zero attached hydrogens (tertiary/aromatic N) is 2. The van der Waals surface area contributed by atoms with E-state index in [4.69, 9.17) is 4.74 Å². The number of hydrazone groups is 1. The molecule has 4 nitrogen and oxygen atoms in total. The van der Waals surface area contributed by atoms with Crippen LogP contribution in [0.3, 0.4) is 0 Å². The van der Waals surface area contributed by atoms with Gasteiger partial charge in [0.15, 0.2) is 0 Å². The van der Waals surface area contributed by atoms with E-state index in [1.807, 2.05) is 30.3 Å². The molecule has 0 aromatic heterocycles. The molecule has 0 aliphatic carbocycles. The Morgan fingerprint density at radius 3 is 2.57 bits per heavy atom. The zero-order chi connectivity index (χ0) is 16.4. The Hall–Kier alpha value is -2.62. The third-order valence-electron chi connectivity index (χ3n) is 4.08. The molecule has 0 saturated carbocycles. The van der Waals surface area contributed by atoms with E-state index in [9.17, 15) is 4.79 Å². The van der Waals surface area contributed by atoms with Gasteiger partial charge >= 0.3 is 0 Å². The summed E-state index contributed by atoms with van der Waals surface area (Å²) in [6.07, 6.45) is 0.718. The van der Waals surface area contributed by atoms with Gasteiger partial charge in [0.1, 0.15) is 5.75 Å². The Bertz CT molecular complexity index is 750. The zero-order valence-corrected chi connectivity index (χ0v) is 13.6. The average Bonchev–Trinajstić information content (AvgIpc) is 3.00. The molecule has 1 heterocycles. The van der Waals surface area contributed by atoms with Gasteiger partial charge in [0.05, 0.1) is 18.9 Å². The molecule has 118 valence electrons. The lowest BCUT2D eigenvalue weighted by Crippen LogP contribution is -2.24. The number of carbonyl (C=O) groups excluding carboxylic acids is 1. The van der Waals surface area contributed by atoms with Crippen LogP contribution >= 0.6 is 0 Å². The Morgan fingerprint density at radius 1 is 1.22 bits per heavy atom. The third-order valence-corrected chi connectivity index (χ3v) is 4.08. The molecule has 3 rings (SSSR count). The molecule has 2 aromatic rings. The van der Waals surface area contributed by atoms with E-state index in [2.05, 4.69) is 30.2 Å². The Balaban J connectivity index is 1.91. The second-order valence-electron chi connectivity index (χ2n) is 5.77. The highest BCUT2D eigenvalue weighted by atomic mass is 16.5. The average molecular weight is 308 g/mol. The summed E-state index contributed by atoms with van der Waals surface area (Å²) >= 11 is 0. The monoisotopic (exact) mass is 308 g/mol. The maximum Gasteiger partial charge on any atom is 0.240 e. The van der Waals surface area contributed by atoms with E-state index >= 15 is 0 Å². The topological polar surface area (TPSA) is 41.9 Å². The van der Waals surface area contributed by atoms with Crippen molar-refractivity contribution in [2.75, 3.05) is 7.11 Å². The lowest BCUT2D eigenvalue weighted by atomic mass is 9.97. The number of amides is 1. The van der Waals surface area contributed by atoms with Gasteiger partial charge in [0, 0.05) is 13.3 Å². The summed E-state index contributed by atoms with van der Waals surface area (Å²) in [6.45, 7) is 3.62. The van der Waals surface area contributed by atoms with Crippen LogP contribution in [0.25, 0.3) is 0 Å². The van der Waals surface area contributed by atoms with Gasteiger partial charge < -0.3 is 4.74 Å². The van der Waals surface area contributed by atoms with Gasteiger partial charge in [0.25, 0.3) is 0 Å². The SMILES string of the molecule is COc1ccc(C2=NN(C(C)=O)C(c3cccc(C)c3)C2)cc1. The lowest BCUT2D eigenvalue weighted by Gasteiger charge is -2.20. The van der Waals surface area contributed by atoms with E-state index < -0.39 is 0 Å². The minimum absolute atomic E-state index is 0.0375. The first kappa shape index (κ1) is 15.3. The van der Waals surface area contributed by atoms with Gasteiger partial charge in [-0.25, -0.2) is 5.01 Å². The van der Waals surface area contributed by atoms with E-state index in [-0.39, 0.29) is 11.9 Å². The van der Waals surface area contributed by atoms with Crippen LogP contribution in [0, 0.1) is 6.92 Å². The van der Waals surface area contributed by atoms with Crippen LogP contribution in [0.2, 0.25) is 0 Å². The summed E-state index contributed by atoms with van der Waals surface area (Å²) in [5, 5.41) is 6.15. The lowest BCUT2D eigenvalue weighted by molar-refractivity contribution is -0.130. The fraction of sp³-hybridized carbons (Fsp3) is 0.263. The van der Waals surface area contributed by atoms with Crippen molar-refractivity contribution < 1.29 is 9.53 Å². The molecular formula is C19H20N2O2. The van der Waals surface area contributed by atoms with Crippen molar-refractivity contribution in [3.63, 3.8) is 0 Å². The van der Waals surface area contributed by atoms with Gasteiger partial charge in [-0.1, -0.05) is 29.8 Å². The van der Waals surface area contributed by atoms with Crippen LogP contribution in [0.4, 0.5) is 0 Å². The highest BCUT2D eigenvalue weighted by molar-refractivity contribution is 6.03. The number of hydrogen-bond donors (Lipinski definition) is 0. The molecule has 0 spiro atoms. The van der Waals surface area contributed by atoms with Gasteiger partial charge in [-0.15, -0.1) is 0 Å². The summed E-state index contributed by atoms with van der Waals surface area (Å²) < 4.78 is 5.19. The number of aryl methyl sites for hydroxylation is 1. The van der Waals surface area contributed by atoms with Crippen LogP contribution in [0.1, 0.15) is 36.1 Å². The molecule has 1 aliphatic heterocycles. The standard InChI is InChI=1S/C19H20N2O2/c1-13-5-4-6-16(11-13)19-12-18(20-21(19)14(2)22)15-7-9-17(23-3)10-8-15/h4-11,19H,12H2,1-3H3. The minimum atomic E-state index is -0.0417. The normalized spacial score (nSPS) is 17.1. The van der Waals surface area contributed by atoms with Gasteiger partial charge in [-0.05, 0) is 42.3 Å². The quantitative estimate of drug-likeness (QED) is 0.867. The predicted octanol–water partition coefficient (Wildman–Crippen LogP) is 3.70. The van der Waals surface area contributed by atoms with Crippen LogP contribution < -0.4 is 4.74 Å². The molecule has 0 radical (unpaired) electrons. The summed E-state index contributed by atoms with van der Waals surface area (Å²) in [5.74, 6) is 0.769. The Kier molecular flexibility index (Phi) is 4.15. The molecule has 1 unspecified atom stereocenters. The highest BCUT2D eigenvalue weighted by Crippen LogP contribution is 2.33. The van der Waals surface area contributed by atoms with Crippen molar-refractivity contribution in [1.29, 1.82) is 0 Å². The van der Waals surface area contributed by atoms with Gasteiger partial charge in [-0.3, -0.25) is 4.79 Å². The molecule has 23 heavy (non-hydrogen) atoms. The van der Waals surface area contributed by atoms with Gasteiger partial charge in [0.2, 0.25) is 5.91 Å². The minimum Gasteiger partial charge on any atom is -0.497 e. The molecule has 1 atom stereocenters. The number of ether oxygens (including phenoxy) is 1. The number of methoxy groups -OCH3 is 1. The van der Waals surface area contributed by atoms with Crippen molar-refractivity contribution in [3.05, 3.63) is 65.2 Å². The first-order valence-electron chi connectivity index (χ1n) is 7.67. The fourth-order valence-electron chi connectivity index (χ4n) is 2.90. The van der Waals surface area contributed by atoms with Crippen LogP contribution in [-0.4, -0.2) is 23.7 Å². The smallest absolute Gasteiger partial charge is 0.240 e. The number of hydrogen-bond acceptors (Lipinski definition) is 3. The van der Waals surface area contributed by atoms with Crippen LogP contribution in [0.15, 0.2) is 53.6 Å². The summed E-state index contributed by atoms with van der Waals surface area (Å²) in [7, 11) is 1.65. The molecule has 0 fully saturated rings. The molecule has 2 aromatic carbocycles. The number of rotatable bonds is 3. The first-order chi connectivity index (χ1) is 11.1. The summed E-state index contributed by atoms with van der Waals surface area (Å²) in [6, 6.07) is 16.0. The van der Waals surface area contributed by atoms with E-state index in [1.165, 1.54) is 5.56 Å². The molecule has 0 bridgehead atoms. The van der Waals surface area contributed by atoms with Crippen molar-refractivity contribution in [2.45, 2.75) is 26.3 Å². The van der Waals surface area contributed by atoms with Crippen molar-refractivity contribution in [2.24, 2.45) is 5.10 Å². The molecule has 1 amide bonds. The van der Waals surface area contributed by atoms with Crippen LogP contribution in [-0.2, 0) is 4.79 Å². The summed E-state index contributed by atoms with van der Waals surface area (Å²) in [4.78, 5) is 12.0. The van der Waals surface area contributed by atoms with Crippen molar-refractivity contribution in [1.82, 2.24) is 5.01 Å². The van der Waals surface area contributed by atoms with Crippen molar-refractivity contribution >= 4 is 11.6 Å². The molecular weight excluding hydrogens is 288 g/mol. The molecule has 0 saturated heterocycles. The maximum atomic E-state index is 12.0. The van der Waals surface area contributed by atoms with Crippen LogP contribution in [0.5, 0.6) is 5.75 Å². The zero-order valence-electron chi connectivity index (χ0n) is 13.6. The highest BCUT2D eigenvalue weighted by Gasteiger charge is 2.31. The first-order valence-corrected chi connectivity index (χ1v) is 7.67. The largest absolute Gasteiger partial charge is 0.497 e. The van der Waals surface area contributed by atoms with E-state index in [0.29, 0.717) is 0 Å². The maximum absolute atomic E-state index is 12.0. The second-order valence-corrected chi connectivity index (χ2v) is 5.77. The third kappa shape index (κ3) is 3.11. The van der Waals surface area contributed by atoms with E-state index in [0.717, 1.165) is 29.0 Å². The Labute approximate surface area is 136 Å². The molecule has 4 heteroatoms. The predicted molar refractivity (Wildman–Crippen MR) is 90.6 cm³/mol. The number of benzene rings is 2. The fourth-order valence-corrected chi connectivity index (χ4v) is 2.90.